The van der Waals surface area contributed by atoms with Crippen LogP contribution in [0.15, 0.2) is 12.7 Å². The lowest BCUT2D eigenvalue weighted by Crippen LogP contribution is -2.54. The van der Waals surface area contributed by atoms with Crippen LogP contribution in [0.5, 0.6) is 0 Å². The molecule has 1 atom stereocenters. The highest BCUT2D eigenvalue weighted by atomic mass is 16.2. The molecule has 22 heavy (non-hydrogen) atoms. The molecule has 0 bridgehead atoms. The molecule has 2 aliphatic rings. The van der Waals surface area contributed by atoms with Gasteiger partial charge in [0, 0.05) is 38.6 Å². The van der Waals surface area contributed by atoms with E-state index in [2.05, 4.69) is 18.8 Å². The van der Waals surface area contributed by atoms with Crippen molar-refractivity contribution in [3.05, 3.63) is 12.7 Å². The molecule has 2 aliphatic heterocycles. The average Bonchev–Trinajstić information content (AvgIpc) is 2.52. The van der Waals surface area contributed by atoms with Crippen molar-refractivity contribution in [2.75, 3.05) is 26.2 Å². The summed E-state index contributed by atoms with van der Waals surface area (Å²) < 4.78 is 0. The van der Waals surface area contributed by atoms with Crippen molar-refractivity contribution >= 4 is 11.9 Å². The summed E-state index contributed by atoms with van der Waals surface area (Å²) in [6.45, 7) is 10.9. The van der Waals surface area contributed by atoms with Crippen LogP contribution in [0.4, 0.5) is 4.79 Å². The van der Waals surface area contributed by atoms with Crippen LogP contribution in [0.2, 0.25) is 0 Å². The van der Waals surface area contributed by atoms with Crippen molar-refractivity contribution in [2.45, 2.75) is 52.0 Å². The summed E-state index contributed by atoms with van der Waals surface area (Å²) in [5.74, 6) is 0.238. The number of hydrogen-bond donors (Lipinski definition) is 1. The second-order valence-electron chi connectivity index (χ2n) is 6.81. The Bertz CT molecular complexity index is 428. The maximum absolute atomic E-state index is 12.2. The summed E-state index contributed by atoms with van der Waals surface area (Å²) in [6.07, 6.45) is 6.31. The van der Waals surface area contributed by atoms with Gasteiger partial charge in [0.1, 0.15) is 0 Å². The van der Waals surface area contributed by atoms with Crippen molar-refractivity contribution in [1.82, 2.24) is 15.1 Å². The largest absolute Gasteiger partial charge is 0.338 e. The number of urea groups is 1. The zero-order valence-corrected chi connectivity index (χ0v) is 13.9. The van der Waals surface area contributed by atoms with Gasteiger partial charge in [0.15, 0.2) is 0 Å². The summed E-state index contributed by atoms with van der Waals surface area (Å²) in [5.41, 5.74) is 0.198. The molecule has 0 aromatic carbocycles. The first-order valence-electron chi connectivity index (χ1n) is 8.44. The highest BCUT2D eigenvalue weighted by Gasteiger charge is 2.41. The number of nitrogens with one attached hydrogen (secondary N) is 1. The van der Waals surface area contributed by atoms with E-state index in [1.54, 1.807) is 6.08 Å². The molecule has 5 nitrogen and oxygen atoms in total. The normalized spacial score (nSPS) is 22.5. The number of nitrogens with zero attached hydrogens (tertiary/aromatic N) is 2. The maximum Gasteiger partial charge on any atom is 0.317 e. The third-order valence-corrected chi connectivity index (χ3v) is 5.19. The van der Waals surface area contributed by atoms with Crippen LogP contribution in [-0.2, 0) is 4.79 Å². The second-order valence-corrected chi connectivity index (χ2v) is 6.81. The molecule has 0 aromatic heterocycles. The van der Waals surface area contributed by atoms with E-state index in [0.717, 1.165) is 45.3 Å². The number of hydrogen-bond acceptors (Lipinski definition) is 2. The Morgan fingerprint density at radius 3 is 2.68 bits per heavy atom. The molecule has 0 aromatic rings. The Labute approximate surface area is 133 Å². The third-order valence-electron chi connectivity index (χ3n) is 5.19. The first kappa shape index (κ1) is 16.8. The molecule has 2 rings (SSSR count). The topological polar surface area (TPSA) is 52.7 Å². The van der Waals surface area contributed by atoms with Gasteiger partial charge in [0.2, 0.25) is 5.91 Å². The van der Waals surface area contributed by atoms with Gasteiger partial charge in [-0.25, -0.2) is 4.79 Å². The molecule has 2 fully saturated rings. The molecule has 2 heterocycles. The van der Waals surface area contributed by atoms with Crippen LogP contribution in [0, 0.1) is 5.41 Å². The minimum absolute atomic E-state index is 0.0547. The minimum atomic E-state index is 0.0547. The fourth-order valence-electron chi connectivity index (χ4n) is 3.42. The summed E-state index contributed by atoms with van der Waals surface area (Å²) in [4.78, 5) is 28.0. The van der Waals surface area contributed by atoms with Crippen LogP contribution < -0.4 is 5.32 Å². The Morgan fingerprint density at radius 2 is 2.09 bits per heavy atom. The van der Waals surface area contributed by atoms with E-state index in [1.807, 2.05) is 16.7 Å². The zero-order chi connectivity index (χ0) is 16.2. The molecule has 0 aliphatic carbocycles. The molecule has 0 saturated carbocycles. The fraction of sp³-hybridized carbons (Fsp3) is 0.765. The zero-order valence-electron chi connectivity index (χ0n) is 13.9. The van der Waals surface area contributed by atoms with E-state index in [4.69, 9.17) is 0 Å². The highest BCUT2D eigenvalue weighted by molar-refractivity contribution is 5.77. The number of likely N-dealkylation sites (tertiary alicyclic amines) is 2. The lowest BCUT2D eigenvalue weighted by Gasteiger charge is -2.47. The molecule has 3 amide bonds. The van der Waals surface area contributed by atoms with E-state index in [-0.39, 0.29) is 23.4 Å². The standard InChI is InChI=1S/C17H29N3O2/c1-4-10-20-13-17(7-6-15(20)21)8-11-19(12-9-17)16(22)18-14(3)5-2/h4,14H,1,5-13H2,2-3H3,(H,18,22)/t14-/m1/s1. The second kappa shape index (κ2) is 7.16. The molecule has 2 saturated heterocycles. The van der Waals surface area contributed by atoms with Crippen molar-refractivity contribution in [3.8, 4) is 0 Å². The predicted octanol–water partition coefficient (Wildman–Crippen LogP) is 2.39. The van der Waals surface area contributed by atoms with E-state index >= 15 is 0 Å². The molecular formula is C17H29N3O2. The highest BCUT2D eigenvalue weighted by Crippen LogP contribution is 2.40. The van der Waals surface area contributed by atoms with Gasteiger partial charge in [-0.2, -0.15) is 0 Å². The Hall–Kier alpha value is -1.52. The van der Waals surface area contributed by atoms with Gasteiger partial charge < -0.3 is 15.1 Å². The Balaban J connectivity index is 1.89. The SMILES string of the molecule is C=CCN1CC2(CCC1=O)CCN(C(=O)N[C@H](C)CC)CC2. The van der Waals surface area contributed by atoms with Gasteiger partial charge in [-0.3, -0.25) is 4.79 Å². The lowest BCUT2D eigenvalue weighted by molar-refractivity contribution is -0.138. The minimum Gasteiger partial charge on any atom is -0.338 e. The molecule has 0 unspecified atom stereocenters. The summed E-state index contributed by atoms with van der Waals surface area (Å²) in [6, 6.07) is 0.276. The molecule has 1 spiro atoms. The Morgan fingerprint density at radius 1 is 1.41 bits per heavy atom. The number of rotatable bonds is 4. The predicted molar refractivity (Wildman–Crippen MR) is 87.5 cm³/mol. The van der Waals surface area contributed by atoms with E-state index in [9.17, 15) is 9.59 Å². The van der Waals surface area contributed by atoms with Gasteiger partial charge in [-0.1, -0.05) is 13.0 Å². The van der Waals surface area contributed by atoms with Gasteiger partial charge in [0.05, 0.1) is 0 Å². The number of carbonyl (C=O) groups is 2. The van der Waals surface area contributed by atoms with Gasteiger partial charge >= 0.3 is 6.03 Å². The lowest BCUT2D eigenvalue weighted by atomic mass is 9.72. The average molecular weight is 307 g/mol. The first-order chi connectivity index (χ1) is 10.5. The first-order valence-corrected chi connectivity index (χ1v) is 8.44. The van der Waals surface area contributed by atoms with Crippen LogP contribution in [0.3, 0.4) is 0 Å². The third kappa shape index (κ3) is 3.81. The van der Waals surface area contributed by atoms with E-state index in [1.165, 1.54) is 0 Å². The number of carbonyl (C=O) groups excluding carboxylic acids is 2. The molecule has 5 heteroatoms. The van der Waals surface area contributed by atoms with Crippen LogP contribution in [-0.4, -0.2) is 54.0 Å². The van der Waals surface area contributed by atoms with Crippen LogP contribution in [0.1, 0.15) is 46.0 Å². The maximum atomic E-state index is 12.2. The quantitative estimate of drug-likeness (QED) is 0.811. The van der Waals surface area contributed by atoms with Crippen molar-refractivity contribution in [3.63, 3.8) is 0 Å². The van der Waals surface area contributed by atoms with E-state index in [0.29, 0.717) is 13.0 Å². The van der Waals surface area contributed by atoms with Gasteiger partial charge in [0.25, 0.3) is 0 Å². The Kier molecular flexibility index (Phi) is 5.48. The molecule has 0 radical (unpaired) electrons. The summed E-state index contributed by atoms with van der Waals surface area (Å²) in [5, 5.41) is 3.04. The molecular weight excluding hydrogens is 278 g/mol. The smallest absolute Gasteiger partial charge is 0.317 e. The van der Waals surface area contributed by atoms with Crippen molar-refractivity contribution in [1.29, 1.82) is 0 Å². The number of amides is 3. The fourth-order valence-corrected chi connectivity index (χ4v) is 3.42. The van der Waals surface area contributed by atoms with Gasteiger partial charge in [-0.15, -0.1) is 6.58 Å². The molecule has 124 valence electrons. The van der Waals surface area contributed by atoms with Crippen molar-refractivity contribution < 1.29 is 9.59 Å². The van der Waals surface area contributed by atoms with E-state index < -0.39 is 0 Å². The number of piperidine rings is 2. The monoisotopic (exact) mass is 307 g/mol. The van der Waals surface area contributed by atoms with Crippen molar-refractivity contribution in [2.24, 2.45) is 5.41 Å². The van der Waals surface area contributed by atoms with Crippen LogP contribution in [0.25, 0.3) is 0 Å². The summed E-state index contributed by atoms with van der Waals surface area (Å²) in [7, 11) is 0. The molecule has 1 N–H and O–H groups in total. The van der Waals surface area contributed by atoms with Crippen LogP contribution >= 0.6 is 0 Å². The van der Waals surface area contributed by atoms with Gasteiger partial charge in [-0.05, 0) is 38.0 Å². The summed E-state index contributed by atoms with van der Waals surface area (Å²) >= 11 is 0.